The first-order chi connectivity index (χ1) is 21.8. The second kappa shape index (κ2) is 17.1. The van der Waals surface area contributed by atoms with Crippen LogP contribution in [0.25, 0.3) is 0 Å². The first-order valence-corrected chi connectivity index (χ1v) is 18.4. The summed E-state index contributed by atoms with van der Waals surface area (Å²) in [6, 6.07) is -0.301. The van der Waals surface area contributed by atoms with Gasteiger partial charge in [-0.2, -0.15) is 15.0 Å². The second-order valence-corrected chi connectivity index (χ2v) is 15.3. The smallest absolute Gasteiger partial charge is 0.334 e. The summed E-state index contributed by atoms with van der Waals surface area (Å²) in [7, 11) is 3.98. The third kappa shape index (κ3) is 9.77. The van der Waals surface area contributed by atoms with Crippen LogP contribution in [0.15, 0.2) is 0 Å². The number of nitrogens with zero attached hydrogens (tertiary/aromatic N) is 7. The van der Waals surface area contributed by atoms with Crippen molar-refractivity contribution in [2.24, 2.45) is 0 Å². The van der Waals surface area contributed by atoms with Crippen LogP contribution in [-0.4, -0.2) is 82.1 Å². The minimum absolute atomic E-state index is 0.113. The Morgan fingerprint density at radius 3 is 1.54 bits per heavy atom. The molecule has 2 saturated heterocycles. The van der Waals surface area contributed by atoms with Crippen LogP contribution >= 0.6 is 0 Å². The van der Waals surface area contributed by atoms with E-state index in [0.717, 1.165) is 58.0 Å². The quantitative estimate of drug-likeness (QED) is 0.114. The number of amides is 3. The van der Waals surface area contributed by atoms with E-state index in [1.165, 1.54) is 49.8 Å². The van der Waals surface area contributed by atoms with Gasteiger partial charge in [-0.3, -0.25) is 9.69 Å². The van der Waals surface area contributed by atoms with Gasteiger partial charge in [-0.1, -0.05) is 91.4 Å². The Bertz CT molecular complexity index is 1070. The normalized spacial score (nSPS) is 18.5. The fraction of sp³-hybridized carbons (Fsp3) is 0.861. The molecule has 262 valence electrons. The fourth-order valence-corrected chi connectivity index (χ4v) is 7.58. The van der Waals surface area contributed by atoms with E-state index in [0.29, 0.717) is 31.3 Å². The van der Waals surface area contributed by atoms with Gasteiger partial charge in [-0.15, -0.1) is 0 Å². The van der Waals surface area contributed by atoms with Crippen molar-refractivity contribution < 1.29 is 9.59 Å². The lowest BCUT2D eigenvalue weighted by molar-refractivity contribution is -0.134. The van der Waals surface area contributed by atoms with Crippen molar-refractivity contribution >= 4 is 29.8 Å². The Balaban J connectivity index is 1.93. The Morgan fingerprint density at radius 1 is 0.652 bits per heavy atom. The molecule has 0 saturated carbocycles. The van der Waals surface area contributed by atoms with E-state index in [4.69, 9.17) is 15.0 Å². The van der Waals surface area contributed by atoms with Gasteiger partial charge in [0.25, 0.3) is 5.91 Å². The van der Waals surface area contributed by atoms with Crippen LogP contribution in [0.3, 0.4) is 0 Å². The van der Waals surface area contributed by atoms with Crippen LogP contribution in [0.4, 0.5) is 22.6 Å². The number of aromatic nitrogens is 3. The van der Waals surface area contributed by atoms with E-state index in [2.05, 4.69) is 53.8 Å². The maximum absolute atomic E-state index is 14.6. The summed E-state index contributed by atoms with van der Waals surface area (Å²) < 4.78 is 0. The van der Waals surface area contributed by atoms with E-state index in [1.54, 1.807) is 4.90 Å². The molecule has 46 heavy (non-hydrogen) atoms. The van der Waals surface area contributed by atoms with Crippen molar-refractivity contribution in [3.63, 3.8) is 0 Å². The maximum Gasteiger partial charge on any atom is 0.334 e. The van der Waals surface area contributed by atoms with Crippen LogP contribution in [0.1, 0.15) is 151 Å². The van der Waals surface area contributed by atoms with Gasteiger partial charge in [0, 0.05) is 44.8 Å². The predicted molar refractivity (Wildman–Crippen MR) is 191 cm³/mol. The SMILES string of the molecule is CCCCCCCCCCCCN1C(=O)N(c2nc(N(C)CCCC)nc(N(C)CCCC)n2)C2(CC(C)(C)NC(C)(C)C2)C1=O. The molecule has 1 aromatic heterocycles. The lowest BCUT2D eigenvalue weighted by atomic mass is 9.70. The molecule has 0 atom stereocenters. The molecule has 3 rings (SSSR count). The van der Waals surface area contributed by atoms with Crippen LogP contribution in [-0.2, 0) is 4.79 Å². The largest absolute Gasteiger partial charge is 0.344 e. The van der Waals surface area contributed by atoms with Crippen LogP contribution in [0.5, 0.6) is 0 Å². The molecular weight excluding hydrogens is 576 g/mol. The van der Waals surface area contributed by atoms with Gasteiger partial charge >= 0.3 is 6.03 Å². The summed E-state index contributed by atoms with van der Waals surface area (Å²) in [5.74, 6) is 1.24. The number of carbonyl (C=O) groups is 2. The van der Waals surface area contributed by atoms with Gasteiger partial charge in [-0.25, -0.2) is 9.69 Å². The first-order valence-electron chi connectivity index (χ1n) is 18.4. The Kier molecular flexibility index (Phi) is 14.1. The van der Waals surface area contributed by atoms with Crippen LogP contribution < -0.4 is 20.0 Å². The Hall–Kier alpha value is -2.49. The lowest BCUT2D eigenvalue weighted by Gasteiger charge is -2.52. The molecule has 3 heterocycles. The zero-order valence-corrected chi connectivity index (χ0v) is 30.9. The highest BCUT2D eigenvalue weighted by molar-refractivity contribution is 6.16. The minimum atomic E-state index is -1.08. The van der Waals surface area contributed by atoms with Crippen molar-refractivity contribution in [3.8, 4) is 0 Å². The van der Waals surface area contributed by atoms with Gasteiger partial charge in [0.05, 0.1) is 0 Å². The number of nitrogens with one attached hydrogen (secondary N) is 1. The zero-order valence-electron chi connectivity index (χ0n) is 30.9. The minimum Gasteiger partial charge on any atom is -0.344 e. The van der Waals surface area contributed by atoms with Gasteiger partial charge < -0.3 is 15.1 Å². The molecule has 0 unspecified atom stereocenters. The molecular formula is C36H66N8O2. The monoisotopic (exact) mass is 643 g/mol. The number of unbranched alkanes of at least 4 members (excludes halogenated alkanes) is 11. The van der Waals surface area contributed by atoms with Crippen LogP contribution in [0, 0.1) is 0 Å². The van der Waals surface area contributed by atoms with E-state index >= 15 is 0 Å². The number of anilines is 3. The summed E-state index contributed by atoms with van der Waals surface area (Å²) in [4.78, 5) is 51.1. The van der Waals surface area contributed by atoms with Crippen molar-refractivity contribution in [3.05, 3.63) is 0 Å². The number of imide groups is 1. The standard InChI is InChI=1S/C36H66N8O2/c1-10-13-16-17-18-19-20-21-22-23-26-43-29(45)36(27-34(4,5)40-35(6,7)28-36)44(33(43)46)32-38-30(41(8)24-14-11-2)37-31(39-32)42(9)25-15-12-3/h40H,10-28H2,1-9H3. The number of rotatable bonds is 20. The highest BCUT2D eigenvalue weighted by Crippen LogP contribution is 2.46. The topological polar surface area (TPSA) is 97.8 Å². The molecule has 2 aliphatic heterocycles. The van der Waals surface area contributed by atoms with Crippen molar-refractivity contribution in [2.45, 2.75) is 168 Å². The third-order valence-corrected chi connectivity index (χ3v) is 9.55. The second-order valence-electron chi connectivity index (χ2n) is 15.3. The first kappa shape index (κ1) is 38.0. The summed E-state index contributed by atoms with van der Waals surface area (Å²) in [5, 5.41) is 3.72. The Morgan fingerprint density at radius 2 is 1.09 bits per heavy atom. The summed E-state index contributed by atoms with van der Waals surface area (Å²) >= 11 is 0. The molecule has 3 amide bonds. The van der Waals surface area contributed by atoms with E-state index in [-0.39, 0.29) is 29.0 Å². The molecule has 10 nitrogen and oxygen atoms in total. The lowest BCUT2D eigenvalue weighted by Crippen LogP contribution is -2.69. The average molecular weight is 643 g/mol. The summed E-state index contributed by atoms with van der Waals surface area (Å²) in [6.45, 7) is 17.1. The van der Waals surface area contributed by atoms with Crippen molar-refractivity contribution in [2.75, 3.05) is 48.4 Å². The molecule has 10 heteroatoms. The van der Waals surface area contributed by atoms with E-state index in [1.807, 2.05) is 23.9 Å². The molecule has 0 aliphatic carbocycles. The molecule has 2 fully saturated rings. The van der Waals surface area contributed by atoms with Gasteiger partial charge in [-0.05, 0) is 59.8 Å². The van der Waals surface area contributed by atoms with Crippen LogP contribution in [0.2, 0.25) is 0 Å². The van der Waals surface area contributed by atoms with E-state index in [9.17, 15) is 9.59 Å². The van der Waals surface area contributed by atoms with Crippen molar-refractivity contribution in [1.82, 2.24) is 25.2 Å². The number of hydrogen-bond acceptors (Lipinski definition) is 8. The molecule has 0 aromatic carbocycles. The molecule has 1 aromatic rings. The number of carbonyl (C=O) groups excluding carboxylic acids is 2. The predicted octanol–water partition coefficient (Wildman–Crippen LogP) is 7.71. The van der Waals surface area contributed by atoms with Crippen molar-refractivity contribution in [1.29, 1.82) is 0 Å². The molecule has 1 N–H and O–H groups in total. The zero-order chi connectivity index (χ0) is 34.0. The average Bonchev–Trinajstić information content (AvgIpc) is 3.17. The Labute approximate surface area is 280 Å². The highest BCUT2D eigenvalue weighted by Gasteiger charge is 2.64. The summed E-state index contributed by atoms with van der Waals surface area (Å²) in [6.07, 6.45) is 17.1. The van der Waals surface area contributed by atoms with E-state index < -0.39 is 5.54 Å². The molecule has 0 radical (unpaired) electrons. The molecule has 0 bridgehead atoms. The van der Waals surface area contributed by atoms with Gasteiger partial charge in [0.2, 0.25) is 17.8 Å². The molecule has 2 aliphatic rings. The molecule has 1 spiro atoms. The number of hydrogen-bond donors (Lipinski definition) is 1. The fourth-order valence-electron chi connectivity index (χ4n) is 7.58. The van der Waals surface area contributed by atoms with Gasteiger partial charge in [0.15, 0.2) is 0 Å². The highest BCUT2D eigenvalue weighted by atomic mass is 16.2. The summed E-state index contributed by atoms with van der Waals surface area (Å²) in [5.41, 5.74) is -1.83. The number of piperidine rings is 1. The maximum atomic E-state index is 14.6. The third-order valence-electron chi connectivity index (χ3n) is 9.55. The number of urea groups is 1. The van der Waals surface area contributed by atoms with Gasteiger partial charge in [0.1, 0.15) is 5.54 Å².